The maximum Gasteiger partial charge on any atom is 0.416 e. The summed E-state index contributed by atoms with van der Waals surface area (Å²) in [6.07, 6.45) is -1.22. The summed E-state index contributed by atoms with van der Waals surface area (Å²) in [4.78, 5) is 2.52. The molecule has 152 valence electrons. The number of hydrogen-bond acceptors (Lipinski definition) is 4. The fourth-order valence-electron chi connectivity index (χ4n) is 3.64. The third-order valence-electron chi connectivity index (χ3n) is 5.30. The molecule has 0 aliphatic carbocycles. The largest absolute Gasteiger partial charge is 0.416 e. The number of nitrogens with one attached hydrogen (secondary N) is 1. The lowest BCUT2D eigenvalue weighted by atomic mass is 9.96. The maximum atomic E-state index is 12.6. The minimum atomic E-state index is -4.41. The van der Waals surface area contributed by atoms with Crippen LogP contribution in [0.4, 0.5) is 13.2 Å². The molecule has 1 aromatic carbocycles. The molecule has 0 bridgehead atoms. The van der Waals surface area contributed by atoms with Crippen molar-refractivity contribution in [2.45, 2.75) is 37.2 Å². The van der Waals surface area contributed by atoms with Gasteiger partial charge in [-0.15, -0.1) is 0 Å². The molecule has 0 aromatic heterocycles. The van der Waals surface area contributed by atoms with E-state index in [9.17, 15) is 21.6 Å². The van der Waals surface area contributed by atoms with Crippen molar-refractivity contribution in [3.63, 3.8) is 0 Å². The Kier molecular flexibility index (Phi) is 6.76. The van der Waals surface area contributed by atoms with Crippen LogP contribution in [0.1, 0.15) is 30.4 Å². The predicted molar refractivity (Wildman–Crippen MR) is 102 cm³/mol. The standard InChI is InChI=1S/C18H25F3N2O2S2/c19-18(20,21)16-3-1-15(2-4-16)13-27(24,25)22-11-14-5-8-23(9-6-14)17-7-10-26-12-17/h1-4,14,17,22H,5-13H2. The molecule has 2 fully saturated rings. The number of halogens is 3. The van der Waals surface area contributed by atoms with Gasteiger partial charge in [0.15, 0.2) is 0 Å². The number of nitrogens with zero attached hydrogens (tertiary/aromatic N) is 1. The SMILES string of the molecule is O=S(=O)(Cc1ccc(C(F)(F)F)cc1)NCC1CCN(C2CCSC2)CC1. The molecule has 4 nitrogen and oxygen atoms in total. The summed E-state index contributed by atoms with van der Waals surface area (Å²) < 4.78 is 64.9. The van der Waals surface area contributed by atoms with Gasteiger partial charge in [-0.05, 0) is 61.7 Å². The quantitative estimate of drug-likeness (QED) is 0.764. The Morgan fingerprint density at radius 1 is 1.11 bits per heavy atom. The summed E-state index contributed by atoms with van der Waals surface area (Å²) in [5.74, 6) is 2.44. The van der Waals surface area contributed by atoms with Gasteiger partial charge in [0.25, 0.3) is 0 Å². The molecule has 0 amide bonds. The van der Waals surface area contributed by atoms with Crippen LogP contribution in [0.25, 0.3) is 0 Å². The molecular weight excluding hydrogens is 397 g/mol. The van der Waals surface area contributed by atoms with Gasteiger partial charge in [-0.3, -0.25) is 4.90 Å². The number of hydrogen-bond donors (Lipinski definition) is 1. The Bertz CT molecular complexity index is 709. The normalized spacial score (nSPS) is 23.0. The first kappa shape index (κ1) is 21.0. The lowest BCUT2D eigenvalue weighted by Gasteiger charge is -2.35. The molecule has 0 saturated carbocycles. The van der Waals surface area contributed by atoms with Crippen molar-refractivity contribution >= 4 is 21.8 Å². The number of alkyl halides is 3. The van der Waals surface area contributed by atoms with Crippen molar-refractivity contribution < 1.29 is 21.6 Å². The maximum absolute atomic E-state index is 12.6. The van der Waals surface area contributed by atoms with E-state index in [-0.39, 0.29) is 5.75 Å². The van der Waals surface area contributed by atoms with Crippen LogP contribution in [0, 0.1) is 5.92 Å². The number of thioether (sulfide) groups is 1. The molecule has 27 heavy (non-hydrogen) atoms. The van der Waals surface area contributed by atoms with E-state index in [1.807, 2.05) is 11.8 Å². The second-order valence-electron chi connectivity index (χ2n) is 7.30. The van der Waals surface area contributed by atoms with Gasteiger partial charge in [-0.25, -0.2) is 13.1 Å². The van der Waals surface area contributed by atoms with Crippen molar-refractivity contribution in [2.75, 3.05) is 31.1 Å². The van der Waals surface area contributed by atoms with E-state index in [1.165, 1.54) is 30.1 Å². The van der Waals surface area contributed by atoms with Crippen molar-refractivity contribution in [1.29, 1.82) is 0 Å². The van der Waals surface area contributed by atoms with Crippen molar-refractivity contribution in [2.24, 2.45) is 5.92 Å². The van der Waals surface area contributed by atoms with E-state index in [1.54, 1.807) is 0 Å². The zero-order chi connectivity index (χ0) is 19.5. The molecule has 3 rings (SSSR count). The van der Waals surface area contributed by atoms with E-state index < -0.39 is 21.8 Å². The van der Waals surface area contributed by atoms with Gasteiger partial charge in [0.05, 0.1) is 11.3 Å². The average Bonchev–Trinajstić information content (AvgIpc) is 3.14. The number of piperidine rings is 1. The number of rotatable bonds is 6. The zero-order valence-electron chi connectivity index (χ0n) is 15.0. The number of likely N-dealkylation sites (tertiary alicyclic amines) is 1. The van der Waals surface area contributed by atoms with Gasteiger partial charge in [-0.2, -0.15) is 24.9 Å². The highest BCUT2D eigenvalue weighted by molar-refractivity contribution is 7.99. The highest BCUT2D eigenvalue weighted by Gasteiger charge is 2.30. The third-order valence-corrected chi connectivity index (χ3v) is 7.77. The van der Waals surface area contributed by atoms with Gasteiger partial charge >= 0.3 is 6.18 Å². The average molecular weight is 423 g/mol. The van der Waals surface area contributed by atoms with Crippen LogP contribution in [0.15, 0.2) is 24.3 Å². The van der Waals surface area contributed by atoms with Gasteiger partial charge in [0.2, 0.25) is 10.0 Å². The molecule has 1 aromatic rings. The van der Waals surface area contributed by atoms with E-state index in [4.69, 9.17) is 0 Å². The Morgan fingerprint density at radius 3 is 2.33 bits per heavy atom. The van der Waals surface area contributed by atoms with Crippen LogP contribution in [0.5, 0.6) is 0 Å². The van der Waals surface area contributed by atoms with Gasteiger partial charge in [0.1, 0.15) is 0 Å². The lowest BCUT2D eigenvalue weighted by molar-refractivity contribution is -0.137. The number of sulfonamides is 1. The van der Waals surface area contributed by atoms with Crippen LogP contribution < -0.4 is 4.72 Å². The van der Waals surface area contributed by atoms with Crippen molar-refractivity contribution in [3.05, 3.63) is 35.4 Å². The molecule has 1 atom stereocenters. The molecule has 2 heterocycles. The fraction of sp³-hybridized carbons (Fsp3) is 0.667. The Balaban J connectivity index is 1.45. The summed E-state index contributed by atoms with van der Waals surface area (Å²) in [6.45, 7) is 2.42. The Hall–Kier alpha value is -0.770. The number of benzene rings is 1. The van der Waals surface area contributed by atoms with Crippen molar-refractivity contribution in [1.82, 2.24) is 9.62 Å². The third kappa shape index (κ3) is 6.10. The molecule has 1 N–H and O–H groups in total. The first-order chi connectivity index (χ1) is 12.7. The topological polar surface area (TPSA) is 49.4 Å². The monoisotopic (exact) mass is 422 g/mol. The zero-order valence-corrected chi connectivity index (χ0v) is 16.7. The Morgan fingerprint density at radius 2 is 1.78 bits per heavy atom. The van der Waals surface area contributed by atoms with Crippen LogP contribution in [0.3, 0.4) is 0 Å². The molecule has 2 aliphatic rings. The summed E-state index contributed by atoms with van der Waals surface area (Å²) in [7, 11) is -3.56. The second-order valence-corrected chi connectivity index (χ2v) is 10.3. The summed E-state index contributed by atoms with van der Waals surface area (Å²) in [5, 5.41) is 0. The van der Waals surface area contributed by atoms with Crippen LogP contribution >= 0.6 is 11.8 Å². The van der Waals surface area contributed by atoms with Crippen LogP contribution in [-0.2, 0) is 22.0 Å². The minimum absolute atomic E-state index is 0.302. The summed E-state index contributed by atoms with van der Waals surface area (Å²) in [5.41, 5.74) is -0.423. The molecular formula is C18H25F3N2O2S2. The predicted octanol–water partition coefficient (Wildman–Crippen LogP) is 3.34. The molecule has 1 unspecified atom stereocenters. The van der Waals surface area contributed by atoms with Crippen LogP contribution in [0.2, 0.25) is 0 Å². The molecule has 0 spiro atoms. The highest BCUT2D eigenvalue weighted by Crippen LogP contribution is 2.29. The highest BCUT2D eigenvalue weighted by atomic mass is 32.2. The van der Waals surface area contributed by atoms with E-state index in [2.05, 4.69) is 9.62 Å². The lowest BCUT2D eigenvalue weighted by Crippen LogP contribution is -2.43. The second kappa shape index (κ2) is 8.71. The smallest absolute Gasteiger partial charge is 0.300 e. The minimum Gasteiger partial charge on any atom is -0.300 e. The molecule has 0 radical (unpaired) electrons. The van der Waals surface area contributed by atoms with Crippen molar-refractivity contribution in [3.8, 4) is 0 Å². The summed E-state index contributed by atoms with van der Waals surface area (Å²) >= 11 is 2.00. The van der Waals surface area contributed by atoms with E-state index in [0.29, 0.717) is 24.1 Å². The van der Waals surface area contributed by atoms with E-state index >= 15 is 0 Å². The first-order valence-electron chi connectivity index (χ1n) is 9.18. The van der Waals surface area contributed by atoms with Gasteiger partial charge in [0, 0.05) is 18.3 Å². The van der Waals surface area contributed by atoms with Gasteiger partial charge in [-0.1, -0.05) is 12.1 Å². The van der Waals surface area contributed by atoms with E-state index in [0.717, 1.165) is 38.1 Å². The fourth-order valence-corrected chi connectivity index (χ4v) is 6.12. The summed E-state index contributed by atoms with van der Waals surface area (Å²) in [6, 6.07) is 4.96. The molecule has 2 saturated heterocycles. The molecule has 2 aliphatic heterocycles. The van der Waals surface area contributed by atoms with Crippen LogP contribution in [-0.4, -0.2) is 50.5 Å². The molecule has 9 heteroatoms. The first-order valence-corrected chi connectivity index (χ1v) is 12.0. The van der Waals surface area contributed by atoms with Gasteiger partial charge < -0.3 is 0 Å². The Labute approximate surface area is 162 Å².